The molecule has 31 heavy (non-hydrogen) atoms. The second kappa shape index (κ2) is 9.49. The molecule has 8 nitrogen and oxygen atoms in total. The van der Waals surface area contributed by atoms with Gasteiger partial charge >= 0.3 is 18.0 Å². The molecule has 0 aromatic heterocycles. The van der Waals surface area contributed by atoms with Gasteiger partial charge in [-0.2, -0.15) is 0 Å². The number of hydrogen-bond acceptors (Lipinski definition) is 7. The number of esters is 2. The van der Waals surface area contributed by atoms with E-state index in [0.717, 1.165) is 10.5 Å². The van der Waals surface area contributed by atoms with Crippen LogP contribution in [-0.2, 0) is 35.2 Å². The van der Waals surface area contributed by atoms with Crippen LogP contribution in [0, 0.1) is 5.92 Å². The van der Waals surface area contributed by atoms with E-state index in [1.54, 1.807) is 41.5 Å². The monoisotopic (exact) mass is 433 g/mol. The Morgan fingerprint density at radius 2 is 1.55 bits per heavy atom. The van der Waals surface area contributed by atoms with E-state index >= 15 is 0 Å². The summed E-state index contributed by atoms with van der Waals surface area (Å²) in [6.07, 6.45) is -1.22. The van der Waals surface area contributed by atoms with Gasteiger partial charge in [0.1, 0.15) is 23.9 Å². The first-order chi connectivity index (χ1) is 14.3. The van der Waals surface area contributed by atoms with Gasteiger partial charge in [-0.25, -0.2) is 14.5 Å². The van der Waals surface area contributed by atoms with Crippen molar-refractivity contribution in [1.82, 2.24) is 4.90 Å². The molecule has 8 heteroatoms. The molecule has 1 aromatic carbocycles. The summed E-state index contributed by atoms with van der Waals surface area (Å²) in [7, 11) is 0. The Labute approximate surface area is 182 Å². The zero-order chi connectivity index (χ0) is 23.4. The number of amides is 2. The number of carbonyl (C=O) groups is 4. The molecule has 1 heterocycles. The number of nitrogens with zero attached hydrogens (tertiary/aromatic N) is 1. The molecule has 0 aliphatic carbocycles. The molecule has 1 aromatic rings. The van der Waals surface area contributed by atoms with Crippen LogP contribution in [0.2, 0.25) is 0 Å². The van der Waals surface area contributed by atoms with E-state index in [4.69, 9.17) is 14.2 Å². The van der Waals surface area contributed by atoms with Crippen LogP contribution in [-0.4, -0.2) is 46.1 Å². The van der Waals surface area contributed by atoms with Gasteiger partial charge in [0.25, 0.3) is 0 Å². The summed E-state index contributed by atoms with van der Waals surface area (Å²) in [4.78, 5) is 51.3. The van der Waals surface area contributed by atoms with E-state index in [9.17, 15) is 19.2 Å². The van der Waals surface area contributed by atoms with Gasteiger partial charge in [0.2, 0.25) is 5.91 Å². The van der Waals surface area contributed by atoms with Crippen LogP contribution in [0.1, 0.15) is 59.9 Å². The van der Waals surface area contributed by atoms with Gasteiger partial charge < -0.3 is 14.2 Å². The summed E-state index contributed by atoms with van der Waals surface area (Å²) < 4.78 is 15.9. The van der Waals surface area contributed by atoms with Gasteiger partial charge in [-0.3, -0.25) is 9.59 Å². The number of rotatable bonds is 5. The number of ether oxygens (including phenoxy) is 3. The highest BCUT2D eigenvalue weighted by Gasteiger charge is 2.50. The van der Waals surface area contributed by atoms with Crippen molar-refractivity contribution in [2.45, 2.75) is 78.2 Å². The normalized spacial score (nSPS) is 19.2. The quantitative estimate of drug-likeness (QED) is 0.516. The molecule has 0 radical (unpaired) electrons. The third-order valence-corrected chi connectivity index (χ3v) is 4.33. The number of benzene rings is 1. The van der Waals surface area contributed by atoms with Crippen LogP contribution in [0.4, 0.5) is 4.79 Å². The molecule has 1 aliphatic heterocycles. The Kier molecular flexibility index (Phi) is 7.46. The molecule has 1 unspecified atom stereocenters. The highest BCUT2D eigenvalue weighted by atomic mass is 16.6. The standard InChI is InChI=1S/C23H31NO7/c1-22(2,3)30-20(27)17-12-16(19(26)24(17)21(28)31-23(4,5)6)13-18(25)29-14-15-10-8-7-9-11-15/h7-11,16-17H,12-14H2,1-6H3/t16?,17-/m0/s1. The van der Waals surface area contributed by atoms with Crippen molar-refractivity contribution >= 4 is 23.9 Å². The van der Waals surface area contributed by atoms with E-state index in [-0.39, 0.29) is 19.4 Å². The van der Waals surface area contributed by atoms with Crippen molar-refractivity contribution in [2.24, 2.45) is 5.92 Å². The Morgan fingerprint density at radius 3 is 2.10 bits per heavy atom. The van der Waals surface area contributed by atoms with Crippen molar-refractivity contribution in [3.8, 4) is 0 Å². The SMILES string of the molecule is CC(C)(C)OC(=O)[C@@H]1CC(CC(=O)OCc2ccccc2)C(=O)N1C(=O)OC(C)(C)C. The molecule has 1 fully saturated rings. The van der Waals surface area contributed by atoms with Crippen molar-refractivity contribution in [3.05, 3.63) is 35.9 Å². The Balaban J connectivity index is 2.11. The average molecular weight is 434 g/mol. The van der Waals surface area contributed by atoms with Crippen LogP contribution in [0.15, 0.2) is 30.3 Å². The number of imide groups is 1. The Bertz CT molecular complexity index is 821. The fourth-order valence-corrected chi connectivity index (χ4v) is 3.09. The Hall–Kier alpha value is -2.90. The molecule has 1 saturated heterocycles. The van der Waals surface area contributed by atoms with E-state index < -0.39 is 47.1 Å². The Morgan fingerprint density at radius 1 is 0.968 bits per heavy atom. The van der Waals surface area contributed by atoms with Gasteiger partial charge in [-0.1, -0.05) is 30.3 Å². The van der Waals surface area contributed by atoms with Gasteiger partial charge in [-0.15, -0.1) is 0 Å². The second-order valence-corrected chi connectivity index (χ2v) is 9.52. The lowest BCUT2D eigenvalue weighted by molar-refractivity contribution is -0.161. The fraction of sp³-hybridized carbons (Fsp3) is 0.565. The van der Waals surface area contributed by atoms with Crippen LogP contribution in [0.3, 0.4) is 0 Å². The van der Waals surface area contributed by atoms with Gasteiger partial charge in [0, 0.05) is 0 Å². The predicted octanol–water partition coefficient (Wildman–Crippen LogP) is 3.61. The summed E-state index contributed by atoms with van der Waals surface area (Å²) in [6, 6.07) is 7.98. The zero-order valence-electron chi connectivity index (χ0n) is 19.0. The fourth-order valence-electron chi connectivity index (χ4n) is 3.09. The average Bonchev–Trinajstić information content (AvgIpc) is 2.95. The van der Waals surface area contributed by atoms with Gasteiger partial charge in [0.05, 0.1) is 12.3 Å². The van der Waals surface area contributed by atoms with Crippen molar-refractivity contribution in [3.63, 3.8) is 0 Å². The summed E-state index contributed by atoms with van der Waals surface area (Å²) in [5, 5.41) is 0. The summed E-state index contributed by atoms with van der Waals surface area (Å²) in [5.74, 6) is -2.84. The first kappa shape index (κ1) is 24.4. The number of carbonyl (C=O) groups excluding carboxylic acids is 4. The summed E-state index contributed by atoms with van der Waals surface area (Å²) >= 11 is 0. The molecule has 0 N–H and O–H groups in total. The molecule has 0 saturated carbocycles. The van der Waals surface area contributed by atoms with E-state index in [1.807, 2.05) is 30.3 Å². The van der Waals surface area contributed by atoms with E-state index in [1.165, 1.54) is 0 Å². The first-order valence-corrected chi connectivity index (χ1v) is 10.3. The molecule has 0 spiro atoms. The highest BCUT2D eigenvalue weighted by Crippen LogP contribution is 2.31. The smallest absolute Gasteiger partial charge is 0.417 e. The third-order valence-electron chi connectivity index (χ3n) is 4.33. The summed E-state index contributed by atoms with van der Waals surface area (Å²) in [6.45, 7) is 10.1. The van der Waals surface area contributed by atoms with Gasteiger partial charge in [0.15, 0.2) is 0 Å². The molecule has 2 rings (SSSR count). The highest BCUT2D eigenvalue weighted by molar-refractivity contribution is 6.01. The largest absolute Gasteiger partial charge is 0.461 e. The van der Waals surface area contributed by atoms with Gasteiger partial charge in [-0.05, 0) is 53.5 Å². The minimum Gasteiger partial charge on any atom is -0.461 e. The minimum absolute atomic E-state index is 0.0343. The molecule has 170 valence electrons. The number of hydrogen-bond donors (Lipinski definition) is 0. The lowest BCUT2D eigenvalue weighted by Gasteiger charge is -2.28. The molecular weight excluding hydrogens is 402 g/mol. The topological polar surface area (TPSA) is 99.2 Å². The molecule has 2 atom stereocenters. The lowest BCUT2D eigenvalue weighted by Crippen LogP contribution is -2.47. The van der Waals surface area contributed by atoms with Crippen molar-refractivity contribution < 1.29 is 33.4 Å². The lowest BCUT2D eigenvalue weighted by atomic mass is 10.0. The van der Waals surface area contributed by atoms with E-state index in [2.05, 4.69) is 0 Å². The van der Waals surface area contributed by atoms with Crippen LogP contribution in [0.25, 0.3) is 0 Å². The molecule has 0 bridgehead atoms. The van der Waals surface area contributed by atoms with Crippen LogP contribution >= 0.6 is 0 Å². The minimum atomic E-state index is -1.16. The molecule has 2 amide bonds. The first-order valence-electron chi connectivity index (χ1n) is 10.3. The number of likely N-dealkylation sites (tertiary alicyclic amines) is 1. The van der Waals surface area contributed by atoms with Crippen molar-refractivity contribution in [2.75, 3.05) is 0 Å². The zero-order valence-corrected chi connectivity index (χ0v) is 19.0. The van der Waals surface area contributed by atoms with Crippen LogP contribution in [0.5, 0.6) is 0 Å². The summed E-state index contributed by atoms with van der Waals surface area (Å²) in [5.41, 5.74) is -0.842. The maximum Gasteiger partial charge on any atom is 0.417 e. The van der Waals surface area contributed by atoms with E-state index in [0.29, 0.717) is 0 Å². The molecular formula is C23H31NO7. The maximum atomic E-state index is 12.9. The molecule has 1 aliphatic rings. The third kappa shape index (κ3) is 7.38. The maximum absolute atomic E-state index is 12.9. The predicted molar refractivity (Wildman–Crippen MR) is 112 cm³/mol. The second-order valence-electron chi connectivity index (χ2n) is 9.52. The van der Waals surface area contributed by atoms with Crippen LogP contribution < -0.4 is 0 Å². The van der Waals surface area contributed by atoms with Crippen molar-refractivity contribution in [1.29, 1.82) is 0 Å².